The van der Waals surface area contributed by atoms with Gasteiger partial charge < -0.3 is 4.74 Å². The third-order valence-electron chi connectivity index (χ3n) is 2.72. The molecule has 0 aliphatic rings. The maximum Gasteiger partial charge on any atom is 0.262 e. The number of hydrogen-bond acceptors (Lipinski definition) is 4. The molecule has 21 heavy (non-hydrogen) atoms. The Hall–Kier alpha value is -1.67. The number of hydrogen-bond donors (Lipinski definition) is 1. The van der Waals surface area contributed by atoms with E-state index in [1.807, 2.05) is 0 Å². The van der Waals surface area contributed by atoms with Crippen LogP contribution in [-0.2, 0) is 10.0 Å². The van der Waals surface area contributed by atoms with Crippen molar-refractivity contribution in [2.45, 2.75) is 11.8 Å². The first-order valence-electron chi connectivity index (χ1n) is 5.83. The third-order valence-corrected chi connectivity index (χ3v) is 4.83. The monoisotopic (exact) mass is 374 g/mol. The number of ether oxygens (including phenoxy) is 1. The molecule has 0 aliphatic heterocycles. The maximum absolute atomic E-state index is 13.3. The van der Waals surface area contributed by atoms with Crippen LogP contribution >= 0.6 is 15.9 Å². The lowest BCUT2D eigenvalue weighted by Gasteiger charge is -2.12. The molecule has 0 saturated heterocycles. The summed E-state index contributed by atoms with van der Waals surface area (Å²) in [5, 5.41) is 0. The van der Waals surface area contributed by atoms with Crippen LogP contribution in [0.1, 0.15) is 5.56 Å². The van der Waals surface area contributed by atoms with Crippen molar-refractivity contribution < 1.29 is 17.5 Å². The smallest absolute Gasteiger partial charge is 0.262 e. The Balaban J connectivity index is 2.40. The molecule has 0 aliphatic carbocycles. The molecule has 1 heterocycles. The fourth-order valence-electron chi connectivity index (χ4n) is 1.67. The topological polar surface area (TPSA) is 68.3 Å². The van der Waals surface area contributed by atoms with Crippen LogP contribution in [0.5, 0.6) is 5.88 Å². The predicted octanol–water partition coefficient (Wildman–Crippen LogP) is 3.10. The number of nitrogens with zero attached hydrogens (tertiary/aromatic N) is 1. The number of benzene rings is 1. The van der Waals surface area contributed by atoms with Crippen LogP contribution in [-0.4, -0.2) is 20.5 Å². The van der Waals surface area contributed by atoms with E-state index in [4.69, 9.17) is 4.74 Å². The van der Waals surface area contributed by atoms with Gasteiger partial charge in [-0.2, -0.15) is 0 Å². The molecule has 0 spiro atoms. The number of rotatable bonds is 4. The molecule has 0 atom stereocenters. The molecular weight excluding hydrogens is 363 g/mol. The summed E-state index contributed by atoms with van der Waals surface area (Å²) in [6, 6.07) is 6.61. The lowest BCUT2D eigenvalue weighted by Crippen LogP contribution is -2.15. The maximum atomic E-state index is 13.3. The Kier molecular flexibility index (Phi) is 4.48. The number of nitrogens with one attached hydrogen (secondary N) is 1. The summed E-state index contributed by atoms with van der Waals surface area (Å²) in [6.45, 7) is 1.59. The Morgan fingerprint density at radius 3 is 2.62 bits per heavy atom. The van der Waals surface area contributed by atoms with Crippen molar-refractivity contribution in [3.05, 3.63) is 46.3 Å². The van der Waals surface area contributed by atoms with E-state index in [0.29, 0.717) is 11.4 Å². The Bertz CT molecular complexity index is 781. The van der Waals surface area contributed by atoms with Gasteiger partial charge in [-0.3, -0.25) is 4.72 Å². The van der Waals surface area contributed by atoms with E-state index in [1.54, 1.807) is 6.92 Å². The molecule has 2 rings (SSSR count). The summed E-state index contributed by atoms with van der Waals surface area (Å²) in [5.41, 5.74) is 0.681. The van der Waals surface area contributed by atoms with Crippen LogP contribution in [0.2, 0.25) is 0 Å². The zero-order valence-corrected chi connectivity index (χ0v) is 13.6. The fourth-order valence-corrected chi connectivity index (χ4v) is 3.53. The molecule has 0 amide bonds. The Morgan fingerprint density at radius 1 is 1.29 bits per heavy atom. The molecule has 1 aromatic carbocycles. The van der Waals surface area contributed by atoms with Crippen molar-refractivity contribution in [2.75, 3.05) is 11.8 Å². The van der Waals surface area contributed by atoms with Crippen LogP contribution in [0.3, 0.4) is 0 Å². The van der Waals surface area contributed by atoms with Crippen molar-refractivity contribution in [1.29, 1.82) is 0 Å². The van der Waals surface area contributed by atoms with E-state index < -0.39 is 15.8 Å². The van der Waals surface area contributed by atoms with Gasteiger partial charge in [-0.25, -0.2) is 17.8 Å². The molecule has 1 N–H and O–H groups in total. The van der Waals surface area contributed by atoms with E-state index >= 15 is 0 Å². The van der Waals surface area contributed by atoms with Crippen molar-refractivity contribution in [3.63, 3.8) is 0 Å². The van der Waals surface area contributed by atoms with Crippen LogP contribution in [0.4, 0.5) is 10.1 Å². The number of aryl methyl sites for hydroxylation is 1. The number of sulfonamides is 1. The van der Waals surface area contributed by atoms with Gasteiger partial charge in [0, 0.05) is 6.07 Å². The highest BCUT2D eigenvalue weighted by molar-refractivity contribution is 9.10. The van der Waals surface area contributed by atoms with Gasteiger partial charge in [0.25, 0.3) is 10.0 Å². The largest absolute Gasteiger partial charge is 0.481 e. The zero-order chi connectivity index (χ0) is 15.6. The van der Waals surface area contributed by atoms with Gasteiger partial charge in [-0.05, 0) is 46.6 Å². The fraction of sp³-hybridized carbons (Fsp3) is 0.154. The van der Waals surface area contributed by atoms with Gasteiger partial charge in [0.1, 0.15) is 10.4 Å². The van der Waals surface area contributed by atoms with Crippen LogP contribution in [0.25, 0.3) is 0 Å². The molecule has 0 radical (unpaired) electrons. The van der Waals surface area contributed by atoms with E-state index in [9.17, 15) is 12.8 Å². The second-order valence-corrected chi connectivity index (χ2v) is 6.61. The second-order valence-electron chi connectivity index (χ2n) is 4.21. The number of halogens is 2. The normalized spacial score (nSPS) is 11.2. The molecule has 1 aromatic heterocycles. The molecule has 0 bridgehead atoms. The number of methoxy groups -OCH3 is 1. The predicted molar refractivity (Wildman–Crippen MR) is 80.4 cm³/mol. The van der Waals surface area contributed by atoms with Gasteiger partial charge in [0.05, 0.1) is 17.7 Å². The highest BCUT2D eigenvalue weighted by Crippen LogP contribution is 2.26. The summed E-state index contributed by atoms with van der Waals surface area (Å²) in [6.07, 6.45) is 0. The van der Waals surface area contributed by atoms with Gasteiger partial charge in [-0.1, -0.05) is 6.07 Å². The van der Waals surface area contributed by atoms with E-state index in [0.717, 1.165) is 6.07 Å². The number of anilines is 1. The minimum Gasteiger partial charge on any atom is -0.481 e. The lowest BCUT2D eigenvalue weighted by molar-refractivity contribution is 0.397. The van der Waals surface area contributed by atoms with Crippen LogP contribution in [0.15, 0.2) is 39.8 Å². The molecule has 5 nitrogen and oxygen atoms in total. The summed E-state index contributed by atoms with van der Waals surface area (Å²) >= 11 is 3.15. The lowest BCUT2D eigenvalue weighted by atomic mass is 10.2. The minimum absolute atomic E-state index is 0.120. The minimum atomic E-state index is -3.91. The first-order chi connectivity index (χ1) is 9.83. The average Bonchev–Trinajstić information content (AvgIpc) is 2.43. The standard InChI is InChI=1S/C13H12BrFN2O3S/c1-8-3-4-9(15)7-11(8)21(18,19)17-10-5-6-12(20-2)16-13(10)14/h3-7,17H,1-2H3. The van der Waals surface area contributed by atoms with Crippen molar-refractivity contribution in [2.24, 2.45) is 0 Å². The zero-order valence-electron chi connectivity index (χ0n) is 11.2. The molecule has 0 unspecified atom stereocenters. The van der Waals surface area contributed by atoms with Crippen molar-refractivity contribution >= 4 is 31.6 Å². The molecule has 0 saturated carbocycles. The van der Waals surface area contributed by atoms with Crippen LogP contribution in [0, 0.1) is 12.7 Å². The first kappa shape index (κ1) is 15.7. The number of aromatic nitrogens is 1. The van der Waals surface area contributed by atoms with Crippen molar-refractivity contribution in [1.82, 2.24) is 4.98 Å². The summed E-state index contributed by atoms with van der Waals surface area (Å²) in [7, 11) is -2.46. The van der Waals surface area contributed by atoms with Gasteiger partial charge in [-0.15, -0.1) is 0 Å². The van der Waals surface area contributed by atoms with E-state index in [2.05, 4.69) is 25.6 Å². The molecular formula is C13H12BrFN2O3S. The Morgan fingerprint density at radius 2 is 2.00 bits per heavy atom. The van der Waals surface area contributed by atoms with E-state index in [1.165, 1.54) is 31.4 Å². The van der Waals surface area contributed by atoms with Gasteiger partial charge in [0.2, 0.25) is 5.88 Å². The highest BCUT2D eigenvalue weighted by atomic mass is 79.9. The first-order valence-corrected chi connectivity index (χ1v) is 8.10. The SMILES string of the molecule is COc1ccc(NS(=O)(=O)c2cc(F)ccc2C)c(Br)n1. The highest BCUT2D eigenvalue weighted by Gasteiger charge is 2.19. The Labute approximate surface area is 130 Å². The third kappa shape index (κ3) is 3.51. The summed E-state index contributed by atoms with van der Waals surface area (Å²) in [5.74, 6) is -0.278. The molecule has 112 valence electrons. The van der Waals surface area contributed by atoms with Gasteiger partial charge >= 0.3 is 0 Å². The summed E-state index contributed by atoms with van der Waals surface area (Å²) < 4.78 is 45.5. The molecule has 0 fully saturated rings. The van der Waals surface area contributed by atoms with Gasteiger partial charge in [0.15, 0.2) is 0 Å². The summed E-state index contributed by atoms with van der Waals surface area (Å²) in [4.78, 5) is 3.88. The quantitative estimate of drug-likeness (QED) is 0.834. The number of pyridine rings is 1. The molecule has 2 aromatic rings. The second kappa shape index (κ2) is 5.98. The average molecular weight is 375 g/mol. The van der Waals surface area contributed by atoms with Crippen LogP contribution < -0.4 is 9.46 Å². The van der Waals surface area contributed by atoms with Crippen molar-refractivity contribution in [3.8, 4) is 5.88 Å². The van der Waals surface area contributed by atoms with E-state index in [-0.39, 0.29) is 15.2 Å². The molecule has 8 heteroatoms.